The first-order valence-corrected chi connectivity index (χ1v) is 9.59. The van der Waals surface area contributed by atoms with E-state index in [1.54, 1.807) is 0 Å². The molecule has 0 radical (unpaired) electrons. The van der Waals surface area contributed by atoms with Crippen LogP contribution < -0.4 is 15.5 Å². The lowest BCUT2D eigenvalue weighted by Crippen LogP contribution is -2.37. The van der Waals surface area contributed by atoms with Gasteiger partial charge >= 0.3 is 0 Å². The molecule has 2 N–H and O–H groups in total. The molecule has 3 fully saturated rings. The Bertz CT molecular complexity index is 644. The maximum atomic E-state index is 12.6. The molecular formula is C20H31Cl2N3O2. The van der Waals surface area contributed by atoms with Crippen LogP contribution in [0.25, 0.3) is 0 Å². The Morgan fingerprint density at radius 3 is 2.67 bits per heavy atom. The summed E-state index contributed by atoms with van der Waals surface area (Å²) in [5.74, 6) is 0.474. The minimum Gasteiger partial charge on any atom is -0.378 e. The van der Waals surface area contributed by atoms with Gasteiger partial charge in [0.25, 0.3) is 0 Å². The van der Waals surface area contributed by atoms with Gasteiger partial charge in [0.1, 0.15) is 0 Å². The number of nitrogens with one attached hydrogen (secondary N) is 2. The Hall–Kier alpha value is -1.01. The Labute approximate surface area is 174 Å². The fourth-order valence-corrected chi connectivity index (χ4v) is 4.42. The number of rotatable bonds is 4. The van der Waals surface area contributed by atoms with Crippen LogP contribution in [0.4, 0.5) is 5.69 Å². The molecule has 1 unspecified atom stereocenters. The second-order valence-electron chi connectivity index (χ2n) is 7.82. The number of amides is 1. The lowest BCUT2D eigenvalue weighted by molar-refractivity contribution is -0.123. The lowest BCUT2D eigenvalue weighted by atomic mass is 9.92. The molecule has 1 aromatic carbocycles. The summed E-state index contributed by atoms with van der Waals surface area (Å²) in [6, 6.07) is 6.53. The number of benzene rings is 1. The van der Waals surface area contributed by atoms with E-state index >= 15 is 0 Å². The number of carbonyl (C=O) groups excluding carboxylic acids is 1. The van der Waals surface area contributed by atoms with E-state index in [0.717, 1.165) is 58.7 Å². The summed E-state index contributed by atoms with van der Waals surface area (Å²) in [5, 5.41) is 6.61. The van der Waals surface area contributed by atoms with Crippen molar-refractivity contribution in [1.82, 2.24) is 10.6 Å². The van der Waals surface area contributed by atoms with Gasteiger partial charge in [-0.05, 0) is 61.9 Å². The number of carbonyl (C=O) groups is 1. The molecule has 152 valence electrons. The van der Waals surface area contributed by atoms with E-state index in [-0.39, 0.29) is 36.6 Å². The fraction of sp³-hybridized carbons (Fsp3) is 0.650. The molecule has 3 aliphatic rings. The van der Waals surface area contributed by atoms with Crippen LogP contribution in [0.2, 0.25) is 0 Å². The van der Waals surface area contributed by atoms with Crippen LogP contribution in [-0.2, 0) is 16.1 Å². The summed E-state index contributed by atoms with van der Waals surface area (Å²) in [5.41, 5.74) is 4.01. The summed E-state index contributed by atoms with van der Waals surface area (Å²) < 4.78 is 5.48. The fourth-order valence-electron chi connectivity index (χ4n) is 4.42. The zero-order chi connectivity index (χ0) is 17.3. The Kier molecular flexibility index (Phi) is 7.81. The summed E-state index contributed by atoms with van der Waals surface area (Å²) >= 11 is 0. The lowest BCUT2D eigenvalue weighted by Gasteiger charge is -2.31. The molecule has 0 aromatic heterocycles. The average molecular weight is 416 g/mol. The second-order valence-corrected chi connectivity index (χ2v) is 7.82. The van der Waals surface area contributed by atoms with Crippen molar-refractivity contribution in [1.29, 1.82) is 0 Å². The highest BCUT2D eigenvalue weighted by atomic mass is 35.5. The molecule has 1 atom stereocenters. The van der Waals surface area contributed by atoms with Crippen molar-refractivity contribution in [3.63, 3.8) is 0 Å². The van der Waals surface area contributed by atoms with Crippen molar-refractivity contribution >= 4 is 36.4 Å². The highest BCUT2D eigenvalue weighted by Crippen LogP contribution is 2.58. The minimum atomic E-state index is 0. The van der Waals surface area contributed by atoms with E-state index in [4.69, 9.17) is 4.74 Å². The van der Waals surface area contributed by atoms with Crippen LogP contribution in [0.15, 0.2) is 18.2 Å². The van der Waals surface area contributed by atoms with Crippen LogP contribution >= 0.6 is 24.8 Å². The maximum absolute atomic E-state index is 12.6. The van der Waals surface area contributed by atoms with Gasteiger partial charge in [-0.1, -0.05) is 12.1 Å². The van der Waals surface area contributed by atoms with E-state index in [2.05, 4.69) is 40.7 Å². The summed E-state index contributed by atoms with van der Waals surface area (Å²) in [6.45, 7) is 8.25. The molecule has 1 aromatic rings. The van der Waals surface area contributed by atoms with Gasteiger partial charge in [0.2, 0.25) is 5.91 Å². The summed E-state index contributed by atoms with van der Waals surface area (Å²) in [7, 11) is 0. The Balaban J connectivity index is 0.00000131. The number of ether oxygens (including phenoxy) is 1. The number of nitrogens with zero attached hydrogens (tertiary/aromatic N) is 1. The molecule has 7 heteroatoms. The van der Waals surface area contributed by atoms with Crippen LogP contribution in [0.3, 0.4) is 0 Å². The largest absolute Gasteiger partial charge is 0.378 e. The zero-order valence-corrected chi connectivity index (χ0v) is 17.6. The molecule has 27 heavy (non-hydrogen) atoms. The molecule has 4 rings (SSSR count). The average Bonchev–Trinajstić information content (AvgIpc) is 3.34. The van der Waals surface area contributed by atoms with Gasteiger partial charge in [0.15, 0.2) is 0 Å². The normalized spacial score (nSPS) is 23.1. The molecule has 1 saturated carbocycles. The molecule has 1 amide bonds. The Morgan fingerprint density at radius 2 is 1.96 bits per heavy atom. The first kappa shape index (κ1) is 22.3. The van der Waals surface area contributed by atoms with Gasteiger partial charge in [-0.25, -0.2) is 0 Å². The highest BCUT2D eigenvalue weighted by Gasteiger charge is 2.57. The van der Waals surface area contributed by atoms with Gasteiger partial charge < -0.3 is 20.3 Å². The van der Waals surface area contributed by atoms with Gasteiger partial charge in [0, 0.05) is 31.2 Å². The van der Waals surface area contributed by atoms with Crippen LogP contribution in [0, 0.1) is 18.3 Å². The number of aryl methyl sites for hydroxylation is 1. The van der Waals surface area contributed by atoms with Crippen molar-refractivity contribution in [3.8, 4) is 0 Å². The summed E-state index contributed by atoms with van der Waals surface area (Å²) in [6.07, 6.45) is 3.37. The predicted molar refractivity (Wildman–Crippen MR) is 113 cm³/mol. The molecule has 1 spiro atoms. The molecule has 0 bridgehead atoms. The van der Waals surface area contributed by atoms with Gasteiger partial charge in [-0.3, -0.25) is 4.79 Å². The van der Waals surface area contributed by atoms with E-state index in [9.17, 15) is 4.79 Å². The molecular weight excluding hydrogens is 385 g/mol. The van der Waals surface area contributed by atoms with Crippen molar-refractivity contribution in [2.24, 2.45) is 11.3 Å². The number of piperidine rings is 1. The topological polar surface area (TPSA) is 53.6 Å². The quantitative estimate of drug-likeness (QED) is 0.793. The Morgan fingerprint density at radius 1 is 1.26 bits per heavy atom. The molecule has 2 saturated heterocycles. The predicted octanol–water partition coefficient (Wildman–Crippen LogP) is 2.68. The third-order valence-corrected chi connectivity index (χ3v) is 6.15. The van der Waals surface area contributed by atoms with Crippen LogP contribution in [0.5, 0.6) is 0 Å². The third kappa shape index (κ3) is 4.89. The maximum Gasteiger partial charge on any atom is 0.223 e. The van der Waals surface area contributed by atoms with E-state index in [1.807, 2.05) is 0 Å². The van der Waals surface area contributed by atoms with Gasteiger partial charge in [0.05, 0.1) is 13.2 Å². The number of hydrogen-bond acceptors (Lipinski definition) is 4. The van der Waals surface area contributed by atoms with Crippen molar-refractivity contribution in [3.05, 3.63) is 29.3 Å². The highest BCUT2D eigenvalue weighted by molar-refractivity contribution is 5.85. The van der Waals surface area contributed by atoms with Crippen LogP contribution in [-0.4, -0.2) is 45.3 Å². The molecule has 5 nitrogen and oxygen atoms in total. The number of hydrogen-bond donors (Lipinski definition) is 2. The SMILES string of the molecule is Cc1ccc(CNC(=O)C2CC23CCNCC3)c(N2CCOCC2)c1.Cl.Cl. The van der Waals surface area contributed by atoms with E-state index < -0.39 is 0 Å². The minimum absolute atomic E-state index is 0. The molecule has 1 aliphatic carbocycles. The third-order valence-electron chi connectivity index (χ3n) is 6.15. The smallest absolute Gasteiger partial charge is 0.223 e. The van der Waals surface area contributed by atoms with Gasteiger partial charge in [-0.2, -0.15) is 0 Å². The van der Waals surface area contributed by atoms with E-state index in [0.29, 0.717) is 12.0 Å². The summed E-state index contributed by atoms with van der Waals surface area (Å²) in [4.78, 5) is 15.0. The van der Waals surface area contributed by atoms with Crippen molar-refractivity contribution in [2.45, 2.75) is 32.7 Å². The standard InChI is InChI=1S/C20H29N3O2.2ClH/c1-15-2-3-16(18(12-15)23-8-10-25-11-9-23)14-22-19(24)17-13-20(17)4-6-21-7-5-20;;/h2-3,12,17,21H,4-11,13-14H2,1H3,(H,22,24);2*1H. The van der Waals surface area contributed by atoms with Crippen molar-refractivity contribution < 1.29 is 9.53 Å². The first-order valence-electron chi connectivity index (χ1n) is 9.59. The van der Waals surface area contributed by atoms with Crippen molar-refractivity contribution in [2.75, 3.05) is 44.3 Å². The second kappa shape index (κ2) is 9.46. The monoisotopic (exact) mass is 415 g/mol. The number of morpholine rings is 1. The van der Waals surface area contributed by atoms with E-state index in [1.165, 1.54) is 16.8 Å². The number of anilines is 1. The van der Waals surface area contributed by atoms with Gasteiger partial charge in [-0.15, -0.1) is 24.8 Å². The first-order chi connectivity index (χ1) is 12.2. The molecule has 2 heterocycles. The number of halogens is 2. The zero-order valence-electron chi connectivity index (χ0n) is 16.0. The van der Waals surface area contributed by atoms with Crippen LogP contribution in [0.1, 0.15) is 30.4 Å². The molecule has 2 aliphatic heterocycles.